The molecule has 3 N–H and O–H groups in total. The lowest BCUT2D eigenvalue weighted by molar-refractivity contribution is 0.481. The number of hydrogen-bond acceptors (Lipinski definition) is 4. The van der Waals surface area contributed by atoms with Crippen LogP contribution in [0.5, 0.6) is 11.5 Å². The molecule has 100 valence electrons. The van der Waals surface area contributed by atoms with Gasteiger partial charge in [-0.05, 0) is 29.2 Å². The second kappa shape index (κ2) is 5.28. The molecule has 2 aromatic rings. The summed E-state index contributed by atoms with van der Waals surface area (Å²) < 4.78 is 5.75. The van der Waals surface area contributed by atoms with E-state index in [4.69, 9.17) is 10.6 Å². The molecule has 0 aliphatic rings. The lowest BCUT2D eigenvalue weighted by Gasteiger charge is -2.19. The minimum atomic E-state index is 0.145. The molecule has 1 heterocycles. The largest absolute Gasteiger partial charge is 0.457 e. The molecule has 4 nitrogen and oxygen atoms in total. The molecule has 0 saturated carbocycles. The Labute approximate surface area is 113 Å². The van der Waals surface area contributed by atoms with Crippen LogP contribution in [0.3, 0.4) is 0 Å². The molecule has 0 amide bonds. The van der Waals surface area contributed by atoms with Crippen LogP contribution >= 0.6 is 0 Å². The van der Waals surface area contributed by atoms with Crippen molar-refractivity contribution in [1.29, 1.82) is 0 Å². The number of nitrogens with zero attached hydrogens (tertiary/aromatic N) is 1. The van der Waals surface area contributed by atoms with Crippen molar-refractivity contribution in [2.45, 2.75) is 26.2 Å². The maximum absolute atomic E-state index is 5.75. The van der Waals surface area contributed by atoms with Gasteiger partial charge < -0.3 is 10.2 Å². The number of hydrazine groups is 1. The Morgan fingerprint density at radius 2 is 1.74 bits per heavy atom. The molecule has 0 aliphatic heterocycles. The number of ether oxygens (including phenoxy) is 1. The van der Waals surface area contributed by atoms with Crippen LogP contribution < -0.4 is 16.0 Å². The summed E-state index contributed by atoms with van der Waals surface area (Å²) >= 11 is 0. The number of rotatable bonds is 3. The van der Waals surface area contributed by atoms with Gasteiger partial charge in [0.25, 0.3) is 0 Å². The van der Waals surface area contributed by atoms with Crippen molar-refractivity contribution in [3.8, 4) is 11.5 Å². The molecule has 0 spiro atoms. The molecule has 0 radical (unpaired) electrons. The third kappa shape index (κ3) is 3.45. The monoisotopic (exact) mass is 257 g/mol. The number of aromatic nitrogens is 1. The van der Waals surface area contributed by atoms with Gasteiger partial charge >= 0.3 is 0 Å². The molecule has 0 bridgehead atoms. The van der Waals surface area contributed by atoms with E-state index < -0.39 is 0 Å². The average Bonchev–Trinajstić information content (AvgIpc) is 2.38. The van der Waals surface area contributed by atoms with Gasteiger partial charge in [-0.3, -0.25) is 0 Å². The summed E-state index contributed by atoms with van der Waals surface area (Å²) in [5, 5.41) is 0. The summed E-state index contributed by atoms with van der Waals surface area (Å²) in [5.74, 6) is 7.38. The van der Waals surface area contributed by atoms with Crippen molar-refractivity contribution in [2.24, 2.45) is 5.84 Å². The van der Waals surface area contributed by atoms with Crippen LogP contribution in [0.1, 0.15) is 26.3 Å². The Morgan fingerprint density at radius 3 is 2.32 bits per heavy atom. The molecular formula is C15H19N3O. The molecule has 0 atom stereocenters. The van der Waals surface area contributed by atoms with Crippen LogP contribution in [0.2, 0.25) is 0 Å². The van der Waals surface area contributed by atoms with Crippen molar-refractivity contribution in [3.63, 3.8) is 0 Å². The first-order chi connectivity index (χ1) is 8.99. The normalized spacial score (nSPS) is 11.2. The number of benzene rings is 1. The van der Waals surface area contributed by atoms with Gasteiger partial charge in [0, 0.05) is 12.3 Å². The van der Waals surface area contributed by atoms with Crippen LogP contribution in [0, 0.1) is 0 Å². The standard InChI is InChI=1S/C15H19N3O/c1-15(2,3)11-4-6-12(7-5-11)19-13-8-9-17-14(10-13)18-16/h4-10H,16H2,1-3H3,(H,17,18). The van der Waals surface area contributed by atoms with Crippen molar-refractivity contribution in [3.05, 3.63) is 48.2 Å². The summed E-state index contributed by atoms with van der Waals surface area (Å²) in [6, 6.07) is 11.6. The van der Waals surface area contributed by atoms with E-state index in [0.29, 0.717) is 11.6 Å². The third-order valence-corrected chi connectivity index (χ3v) is 2.84. The summed E-state index contributed by atoms with van der Waals surface area (Å²) in [5.41, 5.74) is 3.91. The molecule has 0 aliphatic carbocycles. The van der Waals surface area contributed by atoms with Crippen LogP contribution in [0.4, 0.5) is 5.82 Å². The first-order valence-electron chi connectivity index (χ1n) is 6.20. The van der Waals surface area contributed by atoms with Gasteiger partial charge in [-0.25, -0.2) is 10.8 Å². The van der Waals surface area contributed by atoms with Crippen LogP contribution in [0.25, 0.3) is 0 Å². The predicted molar refractivity (Wildman–Crippen MR) is 77.3 cm³/mol. The third-order valence-electron chi connectivity index (χ3n) is 2.84. The highest BCUT2D eigenvalue weighted by Crippen LogP contribution is 2.27. The van der Waals surface area contributed by atoms with E-state index in [2.05, 4.69) is 43.3 Å². The second-order valence-corrected chi connectivity index (χ2v) is 5.40. The molecule has 19 heavy (non-hydrogen) atoms. The highest BCUT2D eigenvalue weighted by atomic mass is 16.5. The van der Waals surface area contributed by atoms with E-state index in [1.165, 1.54) is 5.56 Å². The number of pyridine rings is 1. The second-order valence-electron chi connectivity index (χ2n) is 5.40. The van der Waals surface area contributed by atoms with Gasteiger partial charge in [-0.1, -0.05) is 32.9 Å². The number of anilines is 1. The maximum atomic E-state index is 5.75. The summed E-state index contributed by atoms with van der Waals surface area (Å²) in [4.78, 5) is 4.03. The molecule has 4 heteroatoms. The zero-order valence-electron chi connectivity index (χ0n) is 11.5. The first kappa shape index (κ1) is 13.4. The van der Waals surface area contributed by atoms with Crippen molar-refractivity contribution in [2.75, 3.05) is 5.43 Å². The Balaban J connectivity index is 2.15. The van der Waals surface area contributed by atoms with E-state index in [0.717, 1.165) is 5.75 Å². The lowest BCUT2D eigenvalue weighted by atomic mass is 9.87. The van der Waals surface area contributed by atoms with Crippen molar-refractivity contribution in [1.82, 2.24) is 4.98 Å². The van der Waals surface area contributed by atoms with Gasteiger partial charge in [0.05, 0.1) is 0 Å². The molecular weight excluding hydrogens is 238 g/mol. The zero-order valence-corrected chi connectivity index (χ0v) is 11.5. The number of nitrogens with one attached hydrogen (secondary N) is 1. The minimum Gasteiger partial charge on any atom is -0.457 e. The smallest absolute Gasteiger partial charge is 0.143 e. The van der Waals surface area contributed by atoms with Gasteiger partial charge in [0.15, 0.2) is 0 Å². The fourth-order valence-electron chi connectivity index (χ4n) is 1.71. The van der Waals surface area contributed by atoms with Crippen LogP contribution in [-0.4, -0.2) is 4.98 Å². The van der Waals surface area contributed by atoms with Gasteiger partial charge in [0.2, 0.25) is 0 Å². The van der Waals surface area contributed by atoms with E-state index in [9.17, 15) is 0 Å². The fraction of sp³-hybridized carbons (Fsp3) is 0.267. The van der Waals surface area contributed by atoms with Crippen LogP contribution in [-0.2, 0) is 5.41 Å². The SMILES string of the molecule is CC(C)(C)c1ccc(Oc2ccnc(NN)c2)cc1. The Hall–Kier alpha value is -2.07. The lowest BCUT2D eigenvalue weighted by Crippen LogP contribution is -2.10. The number of hydrogen-bond donors (Lipinski definition) is 2. The molecule has 0 saturated heterocycles. The quantitative estimate of drug-likeness (QED) is 0.653. The summed E-state index contributed by atoms with van der Waals surface area (Å²) in [6.45, 7) is 6.56. The van der Waals surface area contributed by atoms with Gasteiger partial charge in [-0.2, -0.15) is 0 Å². The van der Waals surface area contributed by atoms with Crippen molar-refractivity contribution >= 4 is 5.82 Å². The predicted octanol–water partition coefficient (Wildman–Crippen LogP) is 3.46. The van der Waals surface area contributed by atoms with Gasteiger partial charge in [0.1, 0.15) is 17.3 Å². The Morgan fingerprint density at radius 1 is 1.05 bits per heavy atom. The molecule has 0 unspecified atom stereocenters. The first-order valence-corrected chi connectivity index (χ1v) is 6.20. The van der Waals surface area contributed by atoms with E-state index >= 15 is 0 Å². The number of nitrogens with two attached hydrogens (primary N) is 1. The number of nitrogen functional groups attached to an aromatic ring is 1. The van der Waals surface area contributed by atoms with Gasteiger partial charge in [-0.15, -0.1) is 0 Å². The zero-order chi connectivity index (χ0) is 13.9. The van der Waals surface area contributed by atoms with Crippen LogP contribution in [0.15, 0.2) is 42.6 Å². The Bertz CT molecular complexity index is 544. The molecule has 1 aromatic carbocycles. The Kier molecular flexibility index (Phi) is 3.71. The van der Waals surface area contributed by atoms with E-state index in [1.807, 2.05) is 12.1 Å². The summed E-state index contributed by atoms with van der Waals surface area (Å²) in [6.07, 6.45) is 1.65. The molecule has 1 aromatic heterocycles. The minimum absolute atomic E-state index is 0.145. The molecule has 0 fully saturated rings. The highest BCUT2D eigenvalue weighted by molar-refractivity contribution is 5.42. The average molecular weight is 257 g/mol. The maximum Gasteiger partial charge on any atom is 0.143 e. The van der Waals surface area contributed by atoms with E-state index in [1.54, 1.807) is 18.3 Å². The fourth-order valence-corrected chi connectivity index (χ4v) is 1.71. The van der Waals surface area contributed by atoms with E-state index in [-0.39, 0.29) is 5.41 Å². The summed E-state index contributed by atoms with van der Waals surface area (Å²) in [7, 11) is 0. The molecule has 2 rings (SSSR count). The topological polar surface area (TPSA) is 60.2 Å². The van der Waals surface area contributed by atoms with Crippen molar-refractivity contribution < 1.29 is 4.74 Å². The highest BCUT2D eigenvalue weighted by Gasteiger charge is 2.13.